The number of alkyl halides is 3. The molecule has 4 aromatic rings. The van der Waals surface area contributed by atoms with Crippen LogP contribution in [0.3, 0.4) is 0 Å². The van der Waals surface area contributed by atoms with Gasteiger partial charge in [0, 0.05) is 17.1 Å². The largest absolute Gasteiger partial charge is 0.486 e. The number of nitrogens with one attached hydrogen (secondary N) is 1. The molecule has 0 spiro atoms. The van der Waals surface area contributed by atoms with Gasteiger partial charge in [-0.05, 0) is 30.3 Å². The number of anilines is 1. The van der Waals surface area contributed by atoms with Gasteiger partial charge in [-0.25, -0.2) is 4.68 Å². The lowest BCUT2D eigenvalue weighted by atomic mass is 10.2. The van der Waals surface area contributed by atoms with E-state index in [1.807, 2.05) is 0 Å². The van der Waals surface area contributed by atoms with Crippen LogP contribution in [-0.4, -0.2) is 28.9 Å². The molecule has 6 nitrogen and oxygen atoms in total. The third-order valence-corrected chi connectivity index (χ3v) is 5.76. The van der Waals surface area contributed by atoms with Gasteiger partial charge in [-0.1, -0.05) is 18.2 Å². The second-order valence-corrected chi connectivity index (χ2v) is 7.77. The molecule has 0 bridgehead atoms. The summed E-state index contributed by atoms with van der Waals surface area (Å²) in [6, 6.07) is 14.6. The average molecular weight is 445 g/mol. The summed E-state index contributed by atoms with van der Waals surface area (Å²) in [5.41, 5.74) is -0.0999. The standard InChI is InChI=1S/C21H14F3N3O3S/c22-21(23,24)18-14-11-17(31-20(14)27(26-18)13-4-2-1-3-5-13)19(28)25-12-6-7-15-16(10-12)30-9-8-29-15/h1-7,10-11H,8-9H2,(H,25,28). The molecule has 0 atom stereocenters. The summed E-state index contributed by atoms with van der Waals surface area (Å²) in [7, 11) is 0. The van der Waals surface area contributed by atoms with Crippen LogP contribution in [0.25, 0.3) is 15.9 Å². The number of nitrogens with zero attached hydrogens (tertiary/aromatic N) is 2. The predicted octanol–water partition coefficient (Wildman–Crippen LogP) is 5.13. The molecule has 1 amide bonds. The lowest BCUT2D eigenvalue weighted by Crippen LogP contribution is -2.16. The molecule has 10 heteroatoms. The number of ether oxygens (including phenoxy) is 2. The number of para-hydroxylation sites is 1. The molecular weight excluding hydrogens is 431 g/mol. The van der Waals surface area contributed by atoms with Gasteiger partial charge in [0.1, 0.15) is 18.0 Å². The third kappa shape index (κ3) is 3.59. The van der Waals surface area contributed by atoms with E-state index in [0.717, 1.165) is 11.3 Å². The number of carbonyl (C=O) groups is 1. The van der Waals surface area contributed by atoms with E-state index in [2.05, 4.69) is 10.4 Å². The molecule has 158 valence electrons. The highest BCUT2D eigenvalue weighted by atomic mass is 32.1. The summed E-state index contributed by atoms with van der Waals surface area (Å²) in [6.45, 7) is 0.845. The number of benzene rings is 2. The Morgan fingerprint density at radius 3 is 2.52 bits per heavy atom. The van der Waals surface area contributed by atoms with Crippen LogP contribution in [0.5, 0.6) is 11.5 Å². The first-order valence-electron chi connectivity index (χ1n) is 9.26. The fraction of sp³-hybridized carbons (Fsp3) is 0.143. The minimum atomic E-state index is -4.65. The van der Waals surface area contributed by atoms with E-state index in [1.54, 1.807) is 48.5 Å². The van der Waals surface area contributed by atoms with Crippen molar-refractivity contribution in [2.75, 3.05) is 18.5 Å². The highest BCUT2D eigenvalue weighted by molar-refractivity contribution is 7.20. The number of fused-ring (bicyclic) bond motifs is 2. The summed E-state index contributed by atoms with van der Waals surface area (Å²) in [5, 5.41) is 6.35. The molecule has 31 heavy (non-hydrogen) atoms. The van der Waals surface area contributed by atoms with Gasteiger partial charge in [-0.3, -0.25) is 4.79 Å². The zero-order valence-electron chi connectivity index (χ0n) is 15.8. The number of aromatic nitrogens is 2. The molecule has 0 radical (unpaired) electrons. The van der Waals surface area contributed by atoms with Crippen molar-refractivity contribution < 1.29 is 27.4 Å². The minimum Gasteiger partial charge on any atom is -0.486 e. The van der Waals surface area contributed by atoms with E-state index in [9.17, 15) is 18.0 Å². The summed E-state index contributed by atoms with van der Waals surface area (Å²) < 4.78 is 52.9. The van der Waals surface area contributed by atoms with Crippen molar-refractivity contribution in [3.05, 3.63) is 65.2 Å². The summed E-state index contributed by atoms with van der Waals surface area (Å²) in [4.78, 5) is 13.2. The summed E-state index contributed by atoms with van der Waals surface area (Å²) in [5.74, 6) is 0.550. The Balaban J connectivity index is 1.52. The van der Waals surface area contributed by atoms with Crippen molar-refractivity contribution in [1.29, 1.82) is 0 Å². The van der Waals surface area contributed by atoms with Gasteiger partial charge in [0.25, 0.3) is 5.91 Å². The average Bonchev–Trinajstić information content (AvgIpc) is 3.33. The van der Waals surface area contributed by atoms with Crippen LogP contribution in [0, 0.1) is 0 Å². The molecule has 0 saturated heterocycles. The molecule has 0 fully saturated rings. The van der Waals surface area contributed by atoms with E-state index in [4.69, 9.17) is 9.47 Å². The Morgan fingerprint density at radius 1 is 1.03 bits per heavy atom. The molecular formula is C21H14F3N3O3S. The molecule has 2 aromatic carbocycles. The number of halogens is 3. The number of rotatable bonds is 3. The van der Waals surface area contributed by atoms with E-state index in [0.29, 0.717) is 36.1 Å². The van der Waals surface area contributed by atoms with Crippen molar-refractivity contribution in [2.24, 2.45) is 0 Å². The second-order valence-electron chi connectivity index (χ2n) is 6.74. The zero-order valence-corrected chi connectivity index (χ0v) is 16.6. The van der Waals surface area contributed by atoms with Gasteiger partial charge < -0.3 is 14.8 Å². The number of hydrogen-bond donors (Lipinski definition) is 1. The van der Waals surface area contributed by atoms with Crippen LogP contribution in [0.15, 0.2) is 54.6 Å². The Kier molecular flexibility index (Phi) is 4.58. The monoisotopic (exact) mass is 445 g/mol. The van der Waals surface area contributed by atoms with Crippen LogP contribution in [0.4, 0.5) is 18.9 Å². The molecule has 0 aliphatic carbocycles. The van der Waals surface area contributed by atoms with E-state index in [-0.39, 0.29) is 15.1 Å². The van der Waals surface area contributed by atoms with Gasteiger partial charge in [0.05, 0.1) is 10.6 Å². The van der Waals surface area contributed by atoms with Crippen molar-refractivity contribution in [2.45, 2.75) is 6.18 Å². The second kappa shape index (κ2) is 7.31. The van der Waals surface area contributed by atoms with Gasteiger partial charge in [0.15, 0.2) is 17.2 Å². The lowest BCUT2D eigenvalue weighted by molar-refractivity contribution is -0.140. The Hall–Kier alpha value is -3.53. The number of thiophene rings is 1. The Bertz CT molecular complexity index is 1280. The first-order chi connectivity index (χ1) is 14.9. The van der Waals surface area contributed by atoms with Crippen molar-refractivity contribution in [1.82, 2.24) is 9.78 Å². The first-order valence-corrected chi connectivity index (χ1v) is 10.1. The lowest BCUT2D eigenvalue weighted by Gasteiger charge is -2.18. The van der Waals surface area contributed by atoms with E-state index >= 15 is 0 Å². The number of amides is 1. The minimum absolute atomic E-state index is 0.117. The molecule has 2 aromatic heterocycles. The van der Waals surface area contributed by atoms with Crippen LogP contribution in [-0.2, 0) is 6.18 Å². The maximum atomic E-state index is 13.6. The molecule has 1 aliphatic heterocycles. The van der Waals surface area contributed by atoms with Crippen molar-refractivity contribution in [3.8, 4) is 17.2 Å². The van der Waals surface area contributed by atoms with Crippen LogP contribution >= 0.6 is 11.3 Å². The van der Waals surface area contributed by atoms with Gasteiger partial charge >= 0.3 is 6.18 Å². The molecule has 1 aliphatic rings. The number of hydrogen-bond acceptors (Lipinski definition) is 5. The van der Waals surface area contributed by atoms with E-state index in [1.165, 1.54) is 10.7 Å². The molecule has 5 rings (SSSR count). The van der Waals surface area contributed by atoms with Crippen LogP contribution in [0.2, 0.25) is 0 Å². The van der Waals surface area contributed by atoms with Crippen molar-refractivity contribution in [3.63, 3.8) is 0 Å². The predicted molar refractivity (Wildman–Crippen MR) is 109 cm³/mol. The molecule has 0 unspecified atom stereocenters. The van der Waals surface area contributed by atoms with Gasteiger partial charge in [0.2, 0.25) is 0 Å². The van der Waals surface area contributed by atoms with Crippen LogP contribution in [0.1, 0.15) is 15.4 Å². The summed E-state index contributed by atoms with van der Waals surface area (Å²) >= 11 is 0.944. The highest BCUT2D eigenvalue weighted by Crippen LogP contribution is 2.39. The van der Waals surface area contributed by atoms with Gasteiger partial charge in [-0.2, -0.15) is 18.3 Å². The molecule has 0 saturated carbocycles. The SMILES string of the molecule is O=C(Nc1ccc2c(c1)OCCO2)c1cc2c(C(F)(F)F)nn(-c3ccccc3)c2s1. The smallest absolute Gasteiger partial charge is 0.435 e. The maximum absolute atomic E-state index is 13.6. The molecule has 1 N–H and O–H groups in total. The molecule has 3 heterocycles. The Morgan fingerprint density at radius 2 is 1.77 bits per heavy atom. The fourth-order valence-corrected chi connectivity index (χ4v) is 4.31. The zero-order chi connectivity index (χ0) is 21.6. The summed E-state index contributed by atoms with van der Waals surface area (Å²) in [6.07, 6.45) is -4.65. The fourth-order valence-electron chi connectivity index (χ4n) is 3.29. The van der Waals surface area contributed by atoms with E-state index < -0.39 is 17.8 Å². The van der Waals surface area contributed by atoms with Gasteiger partial charge in [-0.15, -0.1) is 11.3 Å². The quantitative estimate of drug-likeness (QED) is 0.475. The first kappa shape index (κ1) is 19.4. The Labute approximate surface area is 177 Å². The van der Waals surface area contributed by atoms with Crippen LogP contribution < -0.4 is 14.8 Å². The topological polar surface area (TPSA) is 65.4 Å². The number of carbonyl (C=O) groups excluding carboxylic acids is 1. The highest BCUT2D eigenvalue weighted by Gasteiger charge is 2.38. The third-order valence-electron chi connectivity index (χ3n) is 4.65. The normalized spacial score (nSPS) is 13.4. The van der Waals surface area contributed by atoms with Crippen molar-refractivity contribution >= 4 is 33.1 Å². The maximum Gasteiger partial charge on any atom is 0.435 e.